The van der Waals surface area contributed by atoms with Crippen molar-refractivity contribution in [2.24, 2.45) is 0 Å². The summed E-state index contributed by atoms with van der Waals surface area (Å²) in [7, 11) is 0. The average molecular weight is 523 g/mol. The molecule has 8 rings (SSSR count). The molecule has 2 nitrogen and oxygen atoms in total. The number of hydrogen-bond donors (Lipinski definition) is 0. The van der Waals surface area contributed by atoms with Crippen LogP contribution in [0, 0.1) is 0 Å². The van der Waals surface area contributed by atoms with Crippen molar-refractivity contribution in [2.45, 2.75) is 0 Å². The van der Waals surface area contributed by atoms with E-state index in [-0.39, 0.29) is 0 Å². The van der Waals surface area contributed by atoms with Crippen molar-refractivity contribution in [1.29, 1.82) is 0 Å². The van der Waals surface area contributed by atoms with Crippen LogP contribution < -0.4 is 0 Å². The Labute approximate surface area is 238 Å². The van der Waals surface area contributed by atoms with Crippen LogP contribution in [0.5, 0.6) is 0 Å². The van der Waals surface area contributed by atoms with E-state index in [1.54, 1.807) is 0 Å². The number of nitrogens with zero attached hydrogens (tertiary/aromatic N) is 2. The van der Waals surface area contributed by atoms with E-state index in [4.69, 9.17) is 0 Å². The van der Waals surface area contributed by atoms with Gasteiger partial charge < -0.3 is 4.57 Å². The first-order valence-corrected chi connectivity index (χ1v) is 14.0. The maximum atomic E-state index is 4.17. The molecule has 0 fully saturated rings. The van der Waals surface area contributed by atoms with Gasteiger partial charge in [-0.1, -0.05) is 103 Å². The van der Waals surface area contributed by atoms with Gasteiger partial charge in [0.2, 0.25) is 0 Å². The van der Waals surface area contributed by atoms with Gasteiger partial charge in [-0.3, -0.25) is 4.98 Å². The highest BCUT2D eigenvalue weighted by molar-refractivity contribution is 6.19. The van der Waals surface area contributed by atoms with Crippen LogP contribution in [-0.4, -0.2) is 9.55 Å². The molecule has 6 aromatic carbocycles. The zero-order valence-corrected chi connectivity index (χ0v) is 22.4. The first-order valence-electron chi connectivity index (χ1n) is 14.0. The number of rotatable bonds is 4. The SMILES string of the molecule is c1ccc(-c2ccc3c4ccc5cc(-c6cccc(-c7ccncc7)c6)ccc5c4n(-c4ccccc4)c3c2)cc1. The van der Waals surface area contributed by atoms with Crippen LogP contribution in [0.1, 0.15) is 0 Å². The Balaban J connectivity index is 1.35. The number of fused-ring (bicyclic) bond motifs is 5. The molecule has 0 radical (unpaired) electrons. The molecule has 41 heavy (non-hydrogen) atoms. The Hall–Kier alpha value is -5.47. The van der Waals surface area contributed by atoms with E-state index in [0.717, 1.165) is 0 Å². The Morgan fingerprint density at radius 2 is 0.976 bits per heavy atom. The van der Waals surface area contributed by atoms with Gasteiger partial charge in [0, 0.05) is 34.2 Å². The summed E-state index contributed by atoms with van der Waals surface area (Å²) in [6.07, 6.45) is 3.69. The van der Waals surface area contributed by atoms with Crippen LogP contribution in [0.2, 0.25) is 0 Å². The van der Waals surface area contributed by atoms with Crippen molar-refractivity contribution in [3.05, 3.63) is 158 Å². The predicted molar refractivity (Wildman–Crippen MR) is 172 cm³/mol. The normalized spacial score (nSPS) is 11.4. The third kappa shape index (κ3) is 4.00. The lowest BCUT2D eigenvalue weighted by Gasteiger charge is -2.12. The second-order valence-electron chi connectivity index (χ2n) is 10.5. The van der Waals surface area contributed by atoms with Gasteiger partial charge in [-0.05, 0) is 81.2 Å². The van der Waals surface area contributed by atoms with E-state index < -0.39 is 0 Å². The van der Waals surface area contributed by atoms with Gasteiger partial charge in [0.15, 0.2) is 0 Å². The highest BCUT2D eigenvalue weighted by atomic mass is 15.0. The van der Waals surface area contributed by atoms with Crippen LogP contribution in [0.3, 0.4) is 0 Å². The summed E-state index contributed by atoms with van der Waals surface area (Å²) >= 11 is 0. The molecule has 0 saturated carbocycles. The third-order valence-electron chi connectivity index (χ3n) is 8.07. The van der Waals surface area contributed by atoms with Gasteiger partial charge in [-0.2, -0.15) is 0 Å². The molecular weight excluding hydrogens is 496 g/mol. The van der Waals surface area contributed by atoms with E-state index in [0.29, 0.717) is 0 Å². The number of pyridine rings is 1. The molecule has 2 aromatic heterocycles. The number of benzene rings is 6. The fraction of sp³-hybridized carbons (Fsp3) is 0. The summed E-state index contributed by atoms with van der Waals surface area (Å²) in [6, 6.07) is 52.5. The monoisotopic (exact) mass is 522 g/mol. The Bertz CT molecular complexity index is 2180. The highest BCUT2D eigenvalue weighted by Gasteiger charge is 2.16. The van der Waals surface area contributed by atoms with E-state index in [9.17, 15) is 0 Å². The molecule has 0 amide bonds. The molecule has 0 spiro atoms. The summed E-state index contributed by atoms with van der Waals surface area (Å²) in [5.74, 6) is 0. The Morgan fingerprint density at radius 1 is 0.390 bits per heavy atom. The fourth-order valence-corrected chi connectivity index (χ4v) is 6.09. The van der Waals surface area contributed by atoms with Crippen LogP contribution in [0.25, 0.3) is 71.6 Å². The summed E-state index contributed by atoms with van der Waals surface area (Å²) in [4.78, 5) is 4.17. The molecule has 0 aliphatic rings. The first-order chi connectivity index (χ1) is 20.3. The average Bonchev–Trinajstić information content (AvgIpc) is 3.40. The lowest BCUT2D eigenvalue weighted by Crippen LogP contribution is -1.94. The molecule has 8 aromatic rings. The minimum absolute atomic E-state index is 1.17. The van der Waals surface area contributed by atoms with Crippen molar-refractivity contribution in [3.63, 3.8) is 0 Å². The van der Waals surface area contributed by atoms with Crippen molar-refractivity contribution in [2.75, 3.05) is 0 Å². The molecule has 2 heteroatoms. The van der Waals surface area contributed by atoms with Gasteiger partial charge in [-0.15, -0.1) is 0 Å². The van der Waals surface area contributed by atoms with E-state index in [1.807, 2.05) is 12.4 Å². The number of para-hydroxylation sites is 1. The fourth-order valence-electron chi connectivity index (χ4n) is 6.09. The molecule has 2 heterocycles. The summed E-state index contributed by atoms with van der Waals surface area (Å²) in [5.41, 5.74) is 10.9. The molecule has 0 N–H and O–H groups in total. The van der Waals surface area contributed by atoms with Gasteiger partial charge in [0.25, 0.3) is 0 Å². The number of hydrogen-bond acceptors (Lipinski definition) is 1. The van der Waals surface area contributed by atoms with E-state index >= 15 is 0 Å². The molecule has 192 valence electrons. The van der Waals surface area contributed by atoms with Crippen LogP contribution in [-0.2, 0) is 0 Å². The largest absolute Gasteiger partial charge is 0.309 e. The zero-order valence-electron chi connectivity index (χ0n) is 22.4. The molecule has 0 atom stereocenters. The van der Waals surface area contributed by atoms with Crippen LogP contribution >= 0.6 is 0 Å². The maximum Gasteiger partial charge on any atom is 0.0619 e. The quantitative estimate of drug-likeness (QED) is 0.225. The molecule has 0 bridgehead atoms. The van der Waals surface area contributed by atoms with E-state index in [2.05, 4.69) is 155 Å². The van der Waals surface area contributed by atoms with Crippen molar-refractivity contribution in [3.8, 4) is 39.1 Å². The predicted octanol–water partition coefficient (Wildman–Crippen LogP) is 10.3. The molecule has 0 unspecified atom stereocenters. The summed E-state index contributed by atoms with van der Waals surface area (Å²) in [5, 5.41) is 5.01. The summed E-state index contributed by atoms with van der Waals surface area (Å²) < 4.78 is 2.43. The first kappa shape index (κ1) is 23.4. The second-order valence-corrected chi connectivity index (χ2v) is 10.5. The summed E-state index contributed by atoms with van der Waals surface area (Å²) in [6.45, 7) is 0. The van der Waals surface area contributed by atoms with Gasteiger partial charge >= 0.3 is 0 Å². The molecule has 0 aliphatic heterocycles. The van der Waals surface area contributed by atoms with Crippen molar-refractivity contribution >= 4 is 32.6 Å². The minimum atomic E-state index is 1.17. The van der Waals surface area contributed by atoms with Crippen molar-refractivity contribution < 1.29 is 0 Å². The second kappa shape index (κ2) is 9.62. The topological polar surface area (TPSA) is 17.8 Å². The van der Waals surface area contributed by atoms with Crippen molar-refractivity contribution in [1.82, 2.24) is 9.55 Å². The Morgan fingerprint density at radius 3 is 1.76 bits per heavy atom. The van der Waals surface area contributed by atoms with Crippen LogP contribution in [0.4, 0.5) is 0 Å². The zero-order chi connectivity index (χ0) is 27.2. The minimum Gasteiger partial charge on any atom is -0.309 e. The standard InChI is InChI=1S/C39H26N2/c1-3-8-27(9-4-1)32-15-18-36-37-19-16-33-25-31(30-11-7-10-29(24-30)28-20-22-40-23-21-28)14-17-35(33)39(37)41(38(36)26-32)34-12-5-2-6-13-34/h1-26H. The van der Waals surface area contributed by atoms with Gasteiger partial charge in [-0.25, -0.2) is 0 Å². The highest BCUT2D eigenvalue weighted by Crippen LogP contribution is 2.39. The lowest BCUT2D eigenvalue weighted by atomic mass is 9.96. The lowest BCUT2D eigenvalue weighted by molar-refractivity contribution is 1.19. The Kier molecular flexibility index (Phi) is 5.49. The van der Waals surface area contributed by atoms with E-state index in [1.165, 1.54) is 71.6 Å². The maximum absolute atomic E-state index is 4.17. The van der Waals surface area contributed by atoms with Gasteiger partial charge in [0.05, 0.1) is 11.0 Å². The van der Waals surface area contributed by atoms with Crippen LogP contribution in [0.15, 0.2) is 158 Å². The van der Waals surface area contributed by atoms with Gasteiger partial charge in [0.1, 0.15) is 0 Å². The number of aromatic nitrogens is 2. The third-order valence-corrected chi connectivity index (χ3v) is 8.07. The molecule has 0 saturated heterocycles. The smallest absolute Gasteiger partial charge is 0.0619 e. The molecular formula is C39H26N2. The molecule has 0 aliphatic carbocycles.